The third kappa shape index (κ3) is 3.59. The number of aromatic amines is 1. The van der Waals surface area contributed by atoms with Crippen LogP contribution in [0, 0.1) is 6.92 Å². The second-order valence-electron chi connectivity index (χ2n) is 4.77. The molecule has 0 aliphatic rings. The molecule has 0 radical (unpaired) electrons. The van der Waals surface area contributed by atoms with Crippen LogP contribution in [-0.2, 0) is 7.05 Å². The molecule has 0 bridgehead atoms. The van der Waals surface area contributed by atoms with Crippen LogP contribution in [0.5, 0.6) is 0 Å². The summed E-state index contributed by atoms with van der Waals surface area (Å²) in [4.78, 5) is 12.0. The van der Waals surface area contributed by atoms with Crippen molar-refractivity contribution in [1.82, 2.24) is 35.7 Å². The minimum absolute atomic E-state index is 0.243. The van der Waals surface area contributed by atoms with E-state index in [1.54, 1.807) is 17.8 Å². The van der Waals surface area contributed by atoms with Gasteiger partial charge in [-0.05, 0) is 29.5 Å². The minimum Gasteiger partial charge on any atom is -0.460 e. The molecule has 3 aromatic rings. The number of hydrogen-bond acceptors (Lipinski definition) is 7. The van der Waals surface area contributed by atoms with Crippen LogP contribution in [0.25, 0.3) is 11.5 Å². The van der Waals surface area contributed by atoms with Crippen molar-refractivity contribution in [2.24, 2.45) is 7.05 Å². The van der Waals surface area contributed by atoms with Crippen LogP contribution < -0.4 is 5.32 Å². The van der Waals surface area contributed by atoms with Gasteiger partial charge in [0.05, 0.1) is 0 Å². The van der Waals surface area contributed by atoms with Gasteiger partial charge in [0.2, 0.25) is 5.16 Å². The summed E-state index contributed by atoms with van der Waals surface area (Å²) in [5, 5.41) is 21.4. The van der Waals surface area contributed by atoms with Gasteiger partial charge >= 0.3 is 0 Å². The number of amides is 1. The van der Waals surface area contributed by atoms with Gasteiger partial charge < -0.3 is 9.73 Å². The summed E-state index contributed by atoms with van der Waals surface area (Å²) in [7, 11) is 1.77. The Bertz CT molecular complexity index is 807. The third-order valence-electron chi connectivity index (χ3n) is 3.02. The Morgan fingerprint density at radius 2 is 2.35 bits per heavy atom. The quantitative estimate of drug-likeness (QED) is 0.511. The van der Waals surface area contributed by atoms with Crippen molar-refractivity contribution in [3.05, 3.63) is 29.7 Å². The molecule has 0 unspecified atom stereocenters. The number of aromatic nitrogens is 6. The molecule has 3 aromatic heterocycles. The highest BCUT2D eigenvalue weighted by molar-refractivity contribution is 7.99. The van der Waals surface area contributed by atoms with Crippen molar-refractivity contribution in [3.8, 4) is 11.5 Å². The zero-order valence-corrected chi connectivity index (χ0v) is 13.4. The molecule has 0 aromatic carbocycles. The monoisotopic (exact) mass is 333 g/mol. The Balaban J connectivity index is 1.51. The molecule has 0 saturated carbocycles. The van der Waals surface area contributed by atoms with Crippen molar-refractivity contribution >= 4 is 17.7 Å². The van der Waals surface area contributed by atoms with E-state index in [0.29, 0.717) is 34.6 Å². The van der Waals surface area contributed by atoms with Crippen molar-refractivity contribution in [2.45, 2.75) is 12.1 Å². The molecule has 1 amide bonds. The summed E-state index contributed by atoms with van der Waals surface area (Å²) in [6.07, 6.45) is 0. The standard InChI is InChI=1S/C13H15N7O2S/c1-8-3-4-11(22-8)9-7-10(16-15-9)12(21)14-5-6-23-13-17-18-19-20(13)2/h3-4,7H,5-6H2,1-2H3,(H,14,21)(H,15,16). The summed E-state index contributed by atoms with van der Waals surface area (Å²) in [6, 6.07) is 5.35. The molecule has 10 heteroatoms. The van der Waals surface area contributed by atoms with Crippen molar-refractivity contribution < 1.29 is 9.21 Å². The Labute approximate surface area is 135 Å². The summed E-state index contributed by atoms with van der Waals surface area (Å²) in [5.41, 5.74) is 0.988. The molecule has 3 rings (SSSR count). The molecule has 0 aliphatic heterocycles. The molecule has 120 valence electrons. The molecule has 2 N–H and O–H groups in total. The molecular formula is C13H15N7O2S. The van der Waals surface area contributed by atoms with Gasteiger partial charge in [0.25, 0.3) is 5.91 Å². The fourth-order valence-corrected chi connectivity index (χ4v) is 2.59. The van der Waals surface area contributed by atoms with E-state index in [2.05, 4.69) is 31.0 Å². The summed E-state index contributed by atoms with van der Waals surface area (Å²) in [6.45, 7) is 2.34. The lowest BCUT2D eigenvalue weighted by atomic mass is 10.3. The topological polar surface area (TPSA) is 115 Å². The summed E-state index contributed by atoms with van der Waals surface area (Å²) in [5.74, 6) is 1.87. The number of hydrogen-bond donors (Lipinski definition) is 2. The maximum absolute atomic E-state index is 12.0. The average Bonchev–Trinajstić information content (AvgIpc) is 3.24. The Hall–Kier alpha value is -2.62. The van der Waals surface area contributed by atoms with Gasteiger partial charge in [0.15, 0.2) is 11.5 Å². The van der Waals surface area contributed by atoms with Crippen LogP contribution in [0.3, 0.4) is 0 Å². The first-order valence-corrected chi connectivity index (χ1v) is 7.87. The van der Waals surface area contributed by atoms with Gasteiger partial charge in [-0.25, -0.2) is 4.68 Å². The number of nitrogens with one attached hydrogen (secondary N) is 2. The van der Waals surface area contributed by atoms with E-state index in [1.165, 1.54) is 11.8 Å². The first-order chi connectivity index (χ1) is 11.1. The SMILES string of the molecule is Cc1ccc(-c2cc(C(=O)NCCSc3nnnn3C)n[nH]2)o1. The zero-order valence-electron chi connectivity index (χ0n) is 12.6. The minimum atomic E-state index is -0.243. The Morgan fingerprint density at radius 3 is 3.04 bits per heavy atom. The smallest absolute Gasteiger partial charge is 0.271 e. The highest BCUT2D eigenvalue weighted by Crippen LogP contribution is 2.20. The lowest BCUT2D eigenvalue weighted by molar-refractivity contribution is 0.0951. The predicted molar refractivity (Wildman–Crippen MR) is 82.9 cm³/mol. The van der Waals surface area contributed by atoms with Crippen LogP contribution in [0.2, 0.25) is 0 Å². The molecule has 23 heavy (non-hydrogen) atoms. The average molecular weight is 333 g/mol. The number of carbonyl (C=O) groups excluding carboxylic acids is 1. The Morgan fingerprint density at radius 1 is 1.48 bits per heavy atom. The Kier molecular flexibility index (Phi) is 4.42. The van der Waals surface area contributed by atoms with Gasteiger partial charge in [0.1, 0.15) is 11.5 Å². The van der Waals surface area contributed by atoms with Gasteiger partial charge in [-0.15, -0.1) is 5.10 Å². The van der Waals surface area contributed by atoms with Crippen molar-refractivity contribution in [1.29, 1.82) is 0 Å². The molecule has 0 fully saturated rings. The number of furan rings is 1. The molecule has 0 aliphatic carbocycles. The first-order valence-electron chi connectivity index (χ1n) is 6.89. The maximum Gasteiger partial charge on any atom is 0.271 e. The summed E-state index contributed by atoms with van der Waals surface area (Å²) < 4.78 is 7.07. The van der Waals surface area contributed by atoms with Crippen LogP contribution in [0.15, 0.2) is 27.8 Å². The van der Waals surface area contributed by atoms with Crippen molar-refractivity contribution in [2.75, 3.05) is 12.3 Å². The maximum atomic E-state index is 12.0. The molecule has 9 nitrogen and oxygen atoms in total. The van der Waals surface area contributed by atoms with Crippen LogP contribution >= 0.6 is 11.8 Å². The highest BCUT2D eigenvalue weighted by atomic mass is 32.2. The fourth-order valence-electron chi connectivity index (χ4n) is 1.88. The fraction of sp³-hybridized carbons (Fsp3) is 0.308. The van der Waals surface area contributed by atoms with Gasteiger partial charge in [0, 0.05) is 25.4 Å². The van der Waals surface area contributed by atoms with E-state index in [1.807, 2.05) is 19.1 Å². The van der Waals surface area contributed by atoms with E-state index < -0.39 is 0 Å². The number of H-pyrrole nitrogens is 1. The van der Waals surface area contributed by atoms with E-state index in [9.17, 15) is 4.79 Å². The second kappa shape index (κ2) is 6.65. The normalized spacial score (nSPS) is 10.9. The number of tetrazole rings is 1. The summed E-state index contributed by atoms with van der Waals surface area (Å²) >= 11 is 1.46. The number of rotatable bonds is 6. The largest absolute Gasteiger partial charge is 0.460 e. The van der Waals surface area contributed by atoms with Gasteiger partial charge in [-0.2, -0.15) is 5.10 Å². The van der Waals surface area contributed by atoms with Gasteiger partial charge in [-0.1, -0.05) is 11.8 Å². The predicted octanol–water partition coefficient (Wildman–Crippen LogP) is 1.02. The number of carbonyl (C=O) groups is 1. The third-order valence-corrected chi connectivity index (χ3v) is 4.03. The molecule has 0 atom stereocenters. The number of thioether (sulfide) groups is 1. The molecule has 0 spiro atoms. The van der Waals surface area contributed by atoms with E-state index in [0.717, 1.165) is 5.76 Å². The first kappa shape index (κ1) is 15.3. The molecular weight excluding hydrogens is 318 g/mol. The molecule has 0 saturated heterocycles. The van der Waals surface area contributed by atoms with Crippen LogP contribution in [0.1, 0.15) is 16.2 Å². The van der Waals surface area contributed by atoms with Gasteiger partial charge in [-0.3, -0.25) is 9.89 Å². The highest BCUT2D eigenvalue weighted by Gasteiger charge is 2.13. The van der Waals surface area contributed by atoms with Crippen LogP contribution in [0.4, 0.5) is 0 Å². The second-order valence-corrected chi connectivity index (χ2v) is 5.83. The molecule has 3 heterocycles. The zero-order chi connectivity index (χ0) is 16.2. The number of nitrogens with zero attached hydrogens (tertiary/aromatic N) is 5. The van der Waals surface area contributed by atoms with E-state index in [4.69, 9.17) is 4.42 Å². The van der Waals surface area contributed by atoms with E-state index >= 15 is 0 Å². The lowest BCUT2D eigenvalue weighted by Gasteiger charge is -2.01. The number of aryl methyl sites for hydroxylation is 2. The lowest BCUT2D eigenvalue weighted by Crippen LogP contribution is -2.26. The van der Waals surface area contributed by atoms with Crippen molar-refractivity contribution in [3.63, 3.8) is 0 Å². The van der Waals surface area contributed by atoms with Crippen LogP contribution in [-0.4, -0.2) is 48.6 Å². The van der Waals surface area contributed by atoms with E-state index in [-0.39, 0.29) is 5.91 Å².